The Kier molecular flexibility index (Phi) is 6.83. The number of halogens is 3. The number of hydrogen-bond donors (Lipinski definition) is 2. The van der Waals surface area contributed by atoms with Crippen LogP contribution in [0.15, 0.2) is 36.9 Å². The molecular formula is C26H31F3N6O3S. The van der Waals surface area contributed by atoms with Gasteiger partial charge in [-0.1, -0.05) is 18.7 Å². The Bertz CT molecular complexity index is 1380. The lowest BCUT2D eigenvalue weighted by Crippen LogP contribution is -2.51. The first kappa shape index (κ1) is 27.7. The molecule has 5 rings (SSSR count). The van der Waals surface area contributed by atoms with Crippen LogP contribution < -0.4 is 10.6 Å². The second-order valence-corrected chi connectivity index (χ2v) is 12.8. The van der Waals surface area contributed by atoms with Crippen LogP contribution in [0.5, 0.6) is 0 Å². The minimum Gasteiger partial charge on any atom is -0.399 e. The maximum Gasteiger partial charge on any atom is 0.411 e. The van der Waals surface area contributed by atoms with Crippen LogP contribution in [0.4, 0.5) is 29.5 Å². The summed E-state index contributed by atoms with van der Waals surface area (Å²) in [4.78, 5) is 27.8. The zero-order chi connectivity index (χ0) is 28.2. The van der Waals surface area contributed by atoms with E-state index in [1.807, 2.05) is 11.5 Å². The SMILES string of the molecule is CC(C)(O)c1cnc(N2C[C@@]3(CCC(OCC(F)(F)F)[C@](C)(Cn4cnc5ccc(N)cc54)C3)SC2=O)cn1. The Hall–Kier alpha value is -2.90. The highest BCUT2D eigenvalue weighted by atomic mass is 32.2. The molecular weight excluding hydrogens is 533 g/mol. The molecule has 1 saturated heterocycles. The van der Waals surface area contributed by atoms with Crippen molar-refractivity contribution in [2.24, 2.45) is 5.41 Å². The molecule has 3 aromatic rings. The fourth-order valence-electron chi connectivity index (χ4n) is 5.71. The lowest BCUT2D eigenvalue weighted by Gasteiger charge is -2.48. The van der Waals surface area contributed by atoms with Crippen LogP contribution in [0, 0.1) is 5.41 Å². The summed E-state index contributed by atoms with van der Waals surface area (Å²) in [6, 6.07) is 5.34. The highest BCUT2D eigenvalue weighted by molar-refractivity contribution is 8.15. The number of ether oxygens (including phenoxy) is 1. The van der Waals surface area contributed by atoms with Gasteiger partial charge in [0.1, 0.15) is 12.2 Å². The van der Waals surface area contributed by atoms with Crippen molar-refractivity contribution in [3.63, 3.8) is 0 Å². The minimum atomic E-state index is -4.45. The number of hydrogen-bond acceptors (Lipinski definition) is 8. The molecule has 1 amide bonds. The summed E-state index contributed by atoms with van der Waals surface area (Å²) in [6.07, 6.45) is 0.741. The number of aliphatic hydroxyl groups is 1. The van der Waals surface area contributed by atoms with Crippen molar-refractivity contribution in [1.82, 2.24) is 19.5 Å². The average Bonchev–Trinajstić information content (AvgIpc) is 3.37. The number of carbonyl (C=O) groups is 1. The number of aromatic nitrogens is 4. The molecule has 210 valence electrons. The van der Waals surface area contributed by atoms with Gasteiger partial charge in [0.05, 0.1) is 41.6 Å². The van der Waals surface area contributed by atoms with E-state index in [0.717, 1.165) is 11.0 Å². The number of nitrogens with zero attached hydrogens (tertiary/aromatic N) is 5. The number of rotatable bonds is 6. The second kappa shape index (κ2) is 9.63. The van der Waals surface area contributed by atoms with Gasteiger partial charge >= 0.3 is 6.18 Å². The number of imidazole rings is 1. The smallest absolute Gasteiger partial charge is 0.399 e. The summed E-state index contributed by atoms with van der Waals surface area (Å²) < 4.78 is 46.3. The predicted molar refractivity (Wildman–Crippen MR) is 142 cm³/mol. The molecule has 9 nitrogen and oxygen atoms in total. The zero-order valence-corrected chi connectivity index (χ0v) is 22.7. The van der Waals surface area contributed by atoms with Crippen molar-refractivity contribution in [1.29, 1.82) is 0 Å². The minimum absolute atomic E-state index is 0.196. The number of anilines is 2. The van der Waals surface area contributed by atoms with Gasteiger partial charge in [0.2, 0.25) is 0 Å². The van der Waals surface area contributed by atoms with Gasteiger partial charge in [-0.2, -0.15) is 13.2 Å². The van der Waals surface area contributed by atoms with Gasteiger partial charge < -0.3 is 20.1 Å². The first-order valence-corrected chi connectivity index (χ1v) is 13.4. The molecule has 0 bridgehead atoms. The Morgan fingerprint density at radius 1 is 1.23 bits per heavy atom. The number of nitrogen functional groups attached to an aromatic ring is 1. The summed E-state index contributed by atoms with van der Waals surface area (Å²) in [5.41, 5.74) is 6.52. The van der Waals surface area contributed by atoms with E-state index in [9.17, 15) is 23.1 Å². The van der Waals surface area contributed by atoms with Crippen molar-refractivity contribution in [2.75, 3.05) is 23.8 Å². The third-order valence-electron chi connectivity index (χ3n) is 7.50. The van der Waals surface area contributed by atoms with Gasteiger partial charge in [-0.15, -0.1) is 0 Å². The van der Waals surface area contributed by atoms with Crippen LogP contribution in [0.3, 0.4) is 0 Å². The maximum atomic E-state index is 13.2. The number of fused-ring (bicyclic) bond motifs is 1. The van der Waals surface area contributed by atoms with Crippen molar-refractivity contribution < 1.29 is 27.8 Å². The molecule has 1 saturated carbocycles. The number of amides is 1. The van der Waals surface area contributed by atoms with Gasteiger partial charge in [0, 0.05) is 28.9 Å². The van der Waals surface area contributed by atoms with Crippen LogP contribution in [0.25, 0.3) is 11.0 Å². The molecule has 2 aromatic heterocycles. The van der Waals surface area contributed by atoms with Gasteiger partial charge in [-0.25, -0.2) is 9.97 Å². The van der Waals surface area contributed by atoms with Crippen molar-refractivity contribution in [3.8, 4) is 0 Å². The first-order valence-electron chi connectivity index (χ1n) is 12.6. The van der Waals surface area contributed by atoms with Crippen LogP contribution in [-0.2, 0) is 16.9 Å². The molecule has 0 radical (unpaired) electrons. The molecule has 13 heteroatoms. The van der Waals surface area contributed by atoms with E-state index < -0.39 is 34.7 Å². The molecule has 3 heterocycles. The monoisotopic (exact) mass is 564 g/mol. The molecule has 1 spiro atoms. The summed E-state index contributed by atoms with van der Waals surface area (Å²) in [7, 11) is 0. The summed E-state index contributed by atoms with van der Waals surface area (Å²) in [6.45, 7) is 4.46. The van der Waals surface area contributed by atoms with Crippen molar-refractivity contribution in [2.45, 2.75) is 69.2 Å². The second-order valence-electron chi connectivity index (χ2n) is 11.4. The topological polar surface area (TPSA) is 119 Å². The highest BCUT2D eigenvalue weighted by Crippen LogP contribution is 2.54. The van der Waals surface area contributed by atoms with Crippen molar-refractivity contribution >= 4 is 39.5 Å². The van der Waals surface area contributed by atoms with Gasteiger partial charge in [0.15, 0.2) is 5.82 Å². The molecule has 1 unspecified atom stereocenters. The van der Waals surface area contributed by atoms with Gasteiger partial charge in [-0.05, 0) is 51.3 Å². The predicted octanol–water partition coefficient (Wildman–Crippen LogP) is 4.89. The zero-order valence-electron chi connectivity index (χ0n) is 21.9. The molecule has 39 heavy (non-hydrogen) atoms. The summed E-state index contributed by atoms with van der Waals surface area (Å²) in [5, 5.41) is 9.98. The number of thioether (sulfide) groups is 1. The van der Waals surface area contributed by atoms with Crippen LogP contribution in [0.2, 0.25) is 0 Å². The third-order valence-corrected chi connectivity index (χ3v) is 8.81. The highest BCUT2D eigenvalue weighted by Gasteiger charge is 2.55. The number of nitrogens with two attached hydrogens (primary N) is 1. The van der Waals surface area contributed by atoms with Crippen LogP contribution >= 0.6 is 11.8 Å². The average molecular weight is 565 g/mol. The molecule has 1 aromatic carbocycles. The van der Waals surface area contributed by atoms with E-state index in [1.165, 1.54) is 24.2 Å². The normalized spacial score (nSPS) is 26.2. The van der Waals surface area contributed by atoms with E-state index in [1.54, 1.807) is 43.3 Å². The van der Waals surface area contributed by atoms with Crippen molar-refractivity contribution in [3.05, 3.63) is 42.6 Å². The Morgan fingerprint density at radius 3 is 2.67 bits per heavy atom. The van der Waals surface area contributed by atoms with Gasteiger partial charge in [0.25, 0.3) is 5.24 Å². The number of alkyl halides is 3. The molecule has 3 N–H and O–H groups in total. The summed E-state index contributed by atoms with van der Waals surface area (Å²) in [5.74, 6) is 0.366. The maximum absolute atomic E-state index is 13.2. The van der Waals surface area contributed by atoms with E-state index in [-0.39, 0.29) is 5.24 Å². The first-order chi connectivity index (χ1) is 18.2. The fourth-order valence-corrected chi connectivity index (χ4v) is 7.16. The largest absolute Gasteiger partial charge is 0.411 e. The standard InChI is InChI=1S/C26H31F3N6O3S/c1-23(2,37)19-9-32-21(10-31-19)35-13-25(39-22(35)36)7-6-20(38-14-26(27,28)29)24(3,11-25)12-34-15-33-17-5-4-16(30)8-18(17)34/h4-5,8-10,15,20,37H,6-7,11-14,30H2,1-3H3/t20?,24-,25-/m0/s1. The molecule has 1 aliphatic carbocycles. The van der Waals surface area contributed by atoms with E-state index in [2.05, 4.69) is 15.0 Å². The van der Waals surface area contributed by atoms with E-state index in [4.69, 9.17) is 10.5 Å². The fraction of sp³-hybridized carbons (Fsp3) is 0.538. The lowest BCUT2D eigenvalue weighted by atomic mass is 9.68. The molecule has 2 fully saturated rings. The Labute approximate surface area is 227 Å². The Balaban J connectivity index is 1.43. The van der Waals surface area contributed by atoms with Gasteiger partial charge in [-0.3, -0.25) is 14.7 Å². The summed E-state index contributed by atoms with van der Waals surface area (Å²) >= 11 is 1.20. The number of benzene rings is 1. The molecule has 3 atom stereocenters. The van der Waals surface area contributed by atoms with Crippen LogP contribution in [-0.4, -0.2) is 60.0 Å². The third kappa shape index (κ3) is 5.71. The molecule has 1 aliphatic heterocycles. The van der Waals surface area contributed by atoms with E-state index in [0.29, 0.717) is 49.6 Å². The lowest BCUT2D eigenvalue weighted by molar-refractivity contribution is -0.203. The number of carbonyl (C=O) groups excluding carboxylic acids is 1. The molecule has 2 aliphatic rings. The Morgan fingerprint density at radius 2 is 2.00 bits per heavy atom. The van der Waals surface area contributed by atoms with E-state index >= 15 is 0 Å². The van der Waals surface area contributed by atoms with Crippen LogP contribution in [0.1, 0.15) is 45.7 Å². The quantitative estimate of drug-likeness (QED) is 0.407.